The Kier molecular flexibility index (Phi) is 5.11. The lowest BCUT2D eigenvalue weighted by Gasteiger charge is -2.18. The first kappa shape index (κ1) is 14.0. The molecular weight excluding hydrogens is 232 g/mol. The van der Waals surface area contributed by atoms with Crippen LogP contribution >= 0.6 is 0 Å². The van der Waals surface area contributed by atoms with E-state index in [0.29, 0.717) is 5.56 Å². The molecule has 0 aliphatic heterocycles. The van der Waals surface area contributed by atoms with Crippen LogP contribution in [0, 0.1) is 0 Å². The second-order valence-corrected chi connectivity index (χ2v) is 3.65. The van der Waals surface area contributed by atoms with Crippen molar-refractivity contribution in [3.63, 3.8) is 0 Å². The average Bonchev–Trinajstić information content (AvgIpc) is 2.36. The van der Waals surface area contributed by atoms with Gasteiger partial charge in [0.25, 0.3) is 0 Å². The Labute approximate surface area is 106 Å². The highest BCUT2D eigenvalue weighted by Gasteiger charge is 2.24. The van der Waals surface area contributed by atoms with Crippen LogP contribution in [-0.4, -0.2) is 18.5 Å². The molecule has 18 heavy (non-hydrogen) atoms. The summed E-state index contributed by atoms with van der Waals surface area (Å²) in [5.41, 5.74) is 0.795. The Morgan fingerprint density at radius 3 is 2.39 bits per heavy atom. The van der Waals surface area contributed by atoms with Gasteiger partial charge in [-0.25, -0.2) is 4.79 Å². The molecule has 0 aromatic heterocycles. The summed E-state index contributed by atoms with van der Waals surface area (Å²) in [6.07, 6.45) is -0.803. The van der Waals surface area contributed by atoms with E-state index in [4.69, 9.17) is 9.47 Å². The summed E-state index contributed by atoms with van der Waals surface area (Å²) in [5, 5.41) is 0. The summed E-state index contributed by atoms with van der Waals surface area (Å²) in [7, 11) is 0. The lowest BCUT2D eigenvalue weighted by Crippen LogP contribution is -2.18. The van der Waals surface area contributed by atoms with Crippen LogP contribution in [0.4, 0.5) is 0 Å². The maximum absolute atomic E-state index is 11.6. The van der Waals surface area contributed by atoms with Crippen LogP contribution in [-0.2, 0) is 19.1 Å². The summed E-state index contributed by atoms with van der Waals surface area (Å²) >= 11 is 0. The zero-order valence-corrected chi connectivity index (χ0v) is 10.5. The fourth-order valence-corrected chi connectivity index (χ4v) is 1.46. The average molecular weight is 248 g/mol. The number of carbonyl (C=O) groups excluding carboxylic acids is 2. The smallest absolute Gasteiger partial charge is 0.337 e. The van der Waals surface area contributed by atoms with Crippen LogP contribution in [0.25, 0.3) is 0 Å². The van der Waals surface area contributed by atoms with Gasteiger partial charge in [-0.05, 0) is 12.5 Å². The summed E-state index contributed by atoms with van der Waals surface area (Å²) in [6.45, 7) is 6.89. The van der Waals surface area contributed by atoms with Gasteiger partial charge in [0.2, 0.25) is 0 Å². The van der Waals surface area contributed by atoms with Crippen molar-refractivity contribution in [2.24, 2.45) is 0 Å². The third-order valence-electron chi connectivity index (χ3n) is 2.24. The van der Waals surface area contributed by atoms with Crippen molar-refractivity contribution < 1.29 is 19.1 Å². The van der Waals surface area contributed by atoms with Gasteiger partial charge in [-0.2, -0.15) is 0 Å². The molecule has 0 aliphatic rings. The van der Waals surface area contributed by atoms with Crippen LogP contribution in [0.1, 0.15) is 25.5 Å². The zero-order chi connectivity index (χ0) is 13.5. The van der Waals surface area contributed by atoms with Crippen molar-refractivity contribution in [2.75, 3.05) is 6.61 Å². The summed E-state index contributed by atoms with van der Waals surface area (Å²) in [6, 6.07) is 8.95. The lowest BCUT2D eigenvalue weighted by atomic mass is 10.0. The summed E-state index contributed by atoms with van der Waals surface area (Å²) in [4.78, 5) is 22.7. The van der Waals surface area contributed by atoms with Crippen molar-refractivity contribution in [2.45, 2.75) is 20.0 Å². The Balaban J connectivity index is 2.95. The molecule has 0 saturated carbocycles. The molecule has 0 unspecified atom stereocenters. The quantitative estimate of drug-likeness (QED) is 0.593. The van der Waals surface area contributed by atoms with Crippen LogP contribution < -0.4 is 0 Å². The van der Waals surface area contributed by atoms with Crippen molar-refractivity contribution in [1.29, 1.82) is 0 Å². The van der Waals surface area contributed by atoms with Gasteiger partial charge in [0.15, 0.2) is 6.10 Å². The van der Waals surface area contributed by atoms with Gasteiger partial charge in [0.1, 0.15) is 0 Å². The first-order chi connectivity index (χ1) is 8.56. The fraction of sp³-hybridized carbons (Fsp3) is 0.286. The topological polar surface area (TPSA) is 52.6 Å². The second-order valence-electron chi connectivity index (χ2n) is 3.65. The maximum atomic E-state index is 11.6. The molecular formula is C14H16O4. The van der Waals surface area contributed by atoms with E-state index in [9.17, 15) is 9.59 Å². The lowest BCUT2D eigenvalue weighted by molar-refractivity contribution is -0.147. The molecule has 0 heterocycles. The molecule has 0 saturated heterocycles. The number of carbonyl (C=O) groups is 2. The molecule has 0 radical (unpaired) electrons. The van der Waals surface area contributed by atoms with E-state index in [-0.39, 0.29) is 12.2 Å². The minimum Gasteiger partial charge on any atom is -0.463 e. The Hall–Kier alpha value is -2.10. The molecule has 1 aromatic carbocycles. The monoisotopic (exact) mass is 248 g/mol. The standard InChI is InChI=1S/C14H16O4/c1-4-17-14(16)10(2)13(18-11(3)15)12-8-6-5-7-9-12/h5-9,13H,2,4H2,1,3H3/t13-/m1/s1. The number of benzene rings is 1. The molecule has 96 valence electrons. The highest BCUT2D eigenvalue weighted by Crippen LogP contribution is 2.25. The Bertz CT molecular complexity index is 436. The van der Waals surface area contributed by atoms with Gasteiger partial charge in [-0.15, -0.1) is 0 Å². The van der Waals surface area contributed by atoms with Crippen LogP contribution in [0.2, 0.25) is 0 Å². The van der Waals surface area contributed by atoms with E-state index in [1.54, 1.807) is 31.2 Å². The summed E-state index contributed by atoms with van der Waals surface area (Å²) < 4.78 is 9.98. The normalized spacial score (nSPS) is 11.4. The molecule has 0 N–H and O–H groups in total. The number of ether oxygens (including phenoxy) is 2. The van der Waals surface area contributed by atoms with Gasteiger partial charge >= 0.3 is 11.9 Å². The minimum atomic E-state index is -0.803. The van der Waals surface area contributed by atoms with Crippen molar-refractivity contribution >= 4 is 11.9 Å². The van der Waals surface area contributed by atoms with Gasteiger partial charge in [-0.1, -0.05) is 36.9 Å². The molecule has 1 aromatic rings. The van der Waals surface area contributed by atoms with Crippen molar-refractivity contribution in [3.8, 4) is 0 Å². The third kappa shape index (κ3) is 3.73. The molecule has 1 atom stereocenters. The summed E-state index contributed by atoms with van der Waals surface area (Å²) in [5.74, 6) is -1.04. The Morgan fingerprint density at radius 1 is 1.28 bits per heavy atom. The zero-order valence-electron chi connectivity index (χ0n) is 10.5. The van der Waals surface area contributed by atoms with Crippen molar-refractivity contribution in [3.05, 3.63) is 48.0 Å². The van der Waals surface area contributed by atoms with Gasteiger partial charge in [0.05, 0.1) is 12.2 Å². The number of rotatable bonds is 5. The molecule has 4 heteroatoms. The largest absolute Gasteiger partial charge is 0.463 e. The van der Waals surface area contributed by atoms with Crippen LogP contribution in [0.15, 0.2) is 42.5 Å². The van der Waals surface area contributed by atoms with E-state index in [1.165, 1.54) is 6.92 Å². The number of esters is 2. The Morgan fingerprint density at radius 2 is 1.89 bits per heavy atom. The third-order valence-corrected chi connectivity index (χ3v) is 2.24. The predicted octanol–water partition coefficient (Wildman–Crippen LogP) is 2.41. The van der Waals surface area contributed by atoms with Crippen LogP contribution in [0.5, 0.6) is 0 Å². The first-order valence-electron chi connectivity index (χ1n) is 5.64. The highest BCUT2D eigenvalue weighted by atomic mass is 16.6. The second kappa shape index (κ2) is 6.59. The number of hydrogen-bond donors (Lipinski definition) is 0. The van der Waals surface area contributed by atoms with Gasteiger partial charge in [-0.3, -0.25) is 4.79 Å². The molecule has 0 bridgehead atoms. The van der Waals surface area contributed by atoms with E-state index in [0.717, 1.165) is 0 Å². The van der Waals surface area contributed by atoms with Crippen molar-refractivity contribution in [1.82, 2.24) is 0 Å². The van der Waals surface area contributed by atoms with Gasteiger partial charge < -0.3 is 9.47 Å². The molecule has 0 spiro atoms. The molecule has 0 fully saturated rings. The maximum Gasteiger partial charge on any atom is 0.337 e. The highest BCUT2D eigenvalue weighted by molar-refractivity contribution is 5.89. The number of hydrogen-bond acceptors (Lipinski definition) is 4. The van der Waals surface area contributed by atoms with E-state index in [1.807, 2.05) is 6.07 Å². The molecule has 0 amide bonds. The molecule has 0 aliphatic carbocycles. The van der Waals surface area contributed by atoms with E-state index in [2.05, 4.69) is 6.58 Å². The first-order valence-corrected chi connectivity index (χ1v) is 5.64. The van der Waals surface area contributed by atoms with E-state index < -0.39 is 18.0 Å². The van der Waals surface area contributed by atoms with Gasteiger partial charge in [0, 0.05) is 6.92 Å². The SMILES string of the molecule is C=C(C(=O)OCC)[C@@H](OC(C)=O)c1ccccc1. The van der Waals surface area contributed by atoms with Crippen LogP contribution in [0.3, 0.4) is 0 Å². The predicted molar refractivity (Wildman–Crippen MR) is 66.7 cm³/mol. The molecule has 1 rings (SSSR count). The molecule has 4 nitrogen and oxygen atoms in total. The van der Waals surface area contributed by atoms with E-state index >= 15 is 0 Å². The minimum absolute atomic E-state index is 0.109. The fourth-order valence-electron chi connectivity index (χ4n) is 1.46.